The van der Waals surface area contributed by atoms with Crippen molar-refractivity contribution in [3.05, 3.63) is 29.8 Å². The van der Waals surface area contributed by atoms with Gasteiger partial charge in [-0.3, -0.25) is 4.79 Å². The maximum Gasteiger partial charge on any atom is 0.433 e. The highest BCUT2D eigenvalue weighted by Crippen LogP contribution is 2.19. The van der Waals surface area contributed by atoms with E-state index in [1.165, 1.54) is 25.5 Å². The Bertz CT molecular complexity index is 528. The first-order valence-corrected chi connectivity index (χ1v) is 6.37. The van der Waals surface area contributed by atoms with E-state index in [1.807, 2.05) is 0 Å². The third-order valence-corrected chi connectivity index (χ3v) is 2.43. The smallest absolute Gasteiger partial charge is 0.433 e. The lowest BCUT2D eigenvalue weighted by Gasteiger charge is -2.17. The molecule has 0 spiro atoms. The number of phenols is 1. The Labute approximate surface area is 123 Å². The van der Waals surface area contributed by atoms with E-state index in [0.29, 0.717) is 5.56 Å². The van der Waals surface area contributed by atoms with Gasteiger partial charge in [0.2, 0.25) is 0 Å². The number of aliphatic imine (C=N–C) groups is 1. The minimum atomic E-state index is -0.844. The van der Waals surface area contributed by atoms with Crippen LogP contribution < -0.4 is 0 Å². The summed E-state index contributed by atoms with van der Waals surface area (Å²) in [6.07, 6.45) is 0.391. The van der Waals surface area contributed by atoms with Crippen LogP contribution in [0.1, 0.15) is 32.3 Å². The fraction of sp³-hybridized carbons (Fsp3) is 0.400. The summed E-state index contributed by atoms with van der Waals surface area (Å²) >= 11 is 0. The Hall–Kier alpha value is -2.37. The molecule has 1 amide bonds. The molecule has 0 aliphatic rings. The molecular formula is C15H19NO5. The number of amides is 1. The highest BCUT2D eigenvalue weighted by atomic mass is 16.6. The molecule has 0 aromatic heterocycles. The number of benzene rings is 1. The minimum Gasteiger partial charge on any atom is -0.508 e. The Morgan fingerprint density at radius 3 is 2.29 bits per heavy atom. The van der Waals surface area contributed by atoms with Crippen molar-refractivity contribution in [3.8, 4) is 5.75 Å². The molecule has 1 atom stereocenters. The van der Waals surface area contributed by atoms with E-state index in [9.17, 15) is 14.7 Å². The molecule has 0 fully saturated rings. The van der Waals surface area contributed by atoms with Gasteiger partial charge in [0.25, 0.3) is 0 Å². The van der Waals surface area contributed by atoms with Gasteiger partial charge in [0, 0.05) is 6.21 Å². The number of carbonyl (C=O) groups excluding carboxylic acids is 2. The highest BCUT2D eigenvalue weighted by Gasteiger charge is 2.21. The van der Waals surface area contributed by atoms with Gasteiger partial charge in [-0.1, -0.05) is 12.1 Å². The number of aromatic hydroxyl groups is 1. The third kappa shape index (κ3) is 5.64. The van der Waals surface area contributed by atoms with E-state index in [0.717, 1.165) is 0 Å². The van der Waals surface area contributed by atoms with Crippen molar-refractivity contribution in [1.82, 2.24) is 0 Å². The number of hydrogen-bond acceptors (Lipinski definition) is 5. The van der Waals surface area contributed by atoms with Crippen molar-refractivity contribution in [2.24, 2.45) is 4.99 Å². The Morgan fingerprint density at radius 2 is 1.81 bits per heavy atom. The van der Waals surface area contributed by atoms with Crippen LogP contribution in [0.15, 0.2) is 29.3 Å². The lowest BCUT2D eigenvalue weighted by molar-refractivity contribution is -0.140. The first kappa shape index (κ1) is 16.7. The standard InChI is InChI=1S/C15H19NO5/c1-15(2,3)21-14(19)16-9-12(13(18)20-4)10-5-7-11(17)8-6-10/h5-9,12,17H,1-4H3/b16-9+. The second kappa shape index (κ2) is 6.88. The first-order valence-electron chi connectivity index (χ1n) is 6.37. The maximum absolute atomic E-state index is 11.8. The molecule has 1 N–H and O–H groups in total. The SMILES string of the molecule is COC(=O)C(/C=N/C(=O)OC(C)(C)C)c1ccc(O)cc1. The fourth-order valence-electron chi connectivity index (χ4n) is 1.52. The summed E-state index contributed by atoms with van der Waals surface area (Å²) in [6.45, 7) is 5.16. The zero-order valence-corrected chi connectivity index (χ0v) is 12.5. The van der Waals surface area contributed by atoms with Crippen molar-refractivity contribution in [2.75, 3.05) is 7.11 Å². The average molecular weight is 293 g/mol. The minimum absolute atomic E-state index is 0.0754. The maximum atomic E-state index is 11.8. The molecule has 1 rings (SSSR count). The van der Waals surface area contributed by atoms with Crippen LogP contribution in [0.25, 0.3) is 0 Å². The summed E-state index contributed by atoms with van der Waals surface area (Å²) < 4.78 is 9.71. The Balaban J connectivity index is 2.92. The number of phenolic OH excluding ortho intramolecular Hbond substituents is 1. The van der Waals surface area contributed by atoms with E-state index in [4.69, 9.17) is 4.74 Å². The second-order valence-corrected chi connectivity index (χ2v) is 5.35. The van der Waals surface area contributed by atoms with E-state index in [-0.39, 0.29) is 5.75 Å². The van der Waals surface area contributed by atoms with Crippen LogP contribution in [0.4, 0.5) is 4.79 Å². The van der Waals surface area contributed by atoms with Gasteiger partial charge in [0.15, 0.2) is 0 Å². The number of rotatable bonds is 3. The molecule has 0 saturated heterocycles. The summed E-state index contributed by atoms with van der Waals surface area (Å²) in [6, 6.07) is 5.98. The van der Waals surface area contributed by atoms with Crippen LogP contribution in [0.2, 0.25) is 0 Å². The monoisotopic (exact) mass is 293 g/mol. The topological polar surface area (TPSA) is 85.2 Å². The largest absolute Gasteiger partial charge is 0.508 e. The van der Waals surface area contributed by atoms with Crippen LogP contribution >= 0.6 is 0 Å². The molecule has 0 heterocycles. The second-order valence-electron chi connectivity index (χ2n) is 5.35. The fourth-order valence-corrected chi connectivity index (χ4v) is 1.52. The number of nitrogens with zero attached hydrogens (tertiary/aromatic N) is 1. The van der Waals surface area contributed by atoms with Crippen LogP contribution in [0.3, 0.4) is 0 Å². The number of methoxy groups -OCH3 is 1. The van der Waals surface area contributed by atoms with Crippen molar-refractivity contribution >= 4 is 18.3 Å². The molecule has 0 aliphatic carbocycles. The summed E-state index contributed by atoms with van der Waals surface area (Å²) in [5.41, 5.74) is -0.111. The molecule has 114 valence electrons. The van der Waals surface area contributed by atoms with E-state index in [1.54, 1.807) is 32.9 Å². The summed E-state index contributed by atoms with van der Waals surface area (Å²) in [5.74, 6) is -1.33. The molecule has 0 aliphatic heterocycles. The quantitative estimate of drug-likeness (QED) is 0.684. The number of esters is 1. The molecular weight excluding hydrogens is 274 g/mol. The molecule has 0 radical (unpaired) electrons. The molecule has 6 heteroatoms. The average Bonchev–Trinajstić information content (AvgIpc) is 2.38. The van der Waals surface area contributed by atoms with Gasteiger partial charge in [0.05, 0.1) is 7.11 Å². The zero-order chi connectivity index (χ0) is 16.0. The van der Waals surface area contributed by atoms with Gasteiger partial charge in [-0.05, 0) is 38.5 Å². The van der Waals surface area contributed by atoms with E-state index >= 15 is 0 Å². The van der Waals surface area contributed by atoms with Gasteiger partial charge in [0.1, 0.15) is 17.3 Å². The van der Waals surface area contributed by atoms with Crippen LogP contribution in [-0.2, 0) is 14.3 Å². The normalized spacial score (nSPS) is 13.0. The summed E-state index contributed by atoms with van der Waals surface area (Å²) in [5, 5.41) is 9.26. The van der Waals surface area contributed by atoms with Gasteiger partial charge in [-0.15, -0.1) is 0 Å². The summed E-state index contributed by atoms with van der Waals surface area (Å²) in [7, 11) is 1.25. The number of carbonyl (C=O) groups is 2. The first-order chi connectivity index (χ1) is 9.73. The predicted octanol–water partition coefficient (Wildman–Crippen LogP) is 2.65. The summed E-state index contributed by atoms with van der Waals surface area (Å²) in [4.78, 5) is 26.9. The zero-order valence-electron chi connectivity index (χ0n) is 12.5. The van der Waals surface area contributed by atoms with Crippen LogP contribution in [0.5, 0.6) is 5.75 Å². The highest BCUT2D eigenvalue weighted by molar-refractivity contribution is 5.98. The predicted molar refractivity (Wildman–Crippen MR) is 77.6 cm³/mol. The lowest BCUT2D eigenvalue weighted by Crippen LogP contribution is -2.23. The lowest BCUT2D eigenvalue weighted by atomic mass is 10.0. The van der Waals surface area contributed by atoms with E-state index < -0.39 is 23.6 Å². The molecule has 6 nitrogen and oxygen atoms in total. The van der Waals surface area contributed by atoms with Crippen LogP contribution in [-0.4, -0.2) is 36.1 Å². The van der Waals surface area contributed by atoms with Crippen molar-refractivity contribution in [3.63, 3.8) is 0 Å². The van der Waals surface area contributed by atoms with Gasteiger partial charge < -0.3 is 14.6 Å². The van der Waals surface area contributed by atoms with Gasteiger partial charge in [-0.25, -0.2) is 4.79 Å². The number of hydrogen-bond donors (Lipinski definition) is 1. The molecule has 21 heavy (non-hydrogen) atoms. The Kier molecular flexibility index (Phi) is 5.46. The Morgan fingerprint density at radius 1 is 1.24 bits per heavy atom. The molecule has 1 aromatic carbocycles. The van der Waals surface area contributed by atoms with Crippen molar-refractivity contribution < 1.29 is 24.2 Å². The third-order valence-electron chi connectivity index (χ3n) is 2.43. The van der Waals surface area contributed by atoms with E-state index in [2.05, 4.69) is 9.73 Å². The van der Waals surface area contributed by atoms with Crippen molar-refractivity contribution in [1.29, 1.82) is 0 Å². The van der Waals surface area contributed by atoms with Gasteiger partial charge >= 0.3 is 12.1 Å². The molecule has 1 aromatic rings. The molecule has 0 saturated carbocycles. The van der Waals surface area contributed by atoms with Gasteiger partial charge in [-0.2, -0.15) is 4.99 Å². The molecule has 1 unspecified atom stereocenters. The number of ether oxygens (including phenoxy) is 2. The molecule has 0 bridgehead atoms. The van der Waals surface area contributed by atoms with Crippen LogP contribution in [0, 0.1) is 0 Å². The van der Waals surface area contributed by atoms with Crippen molar-refractivity contribution in [2.45, 2.75) is 32.3 Å².